The van der Waals surface area contributed by atoms with Gasteiger partial charge in [-0.2, -0.15) is 0 Å². The Morgan fingerprint density at radius 2 is 1.71 bits per heavy atom. The Bertz CT molecular complexity index is 1610. The lowest BCUT2D eigenvalue weighted by atomic mass is 10.1. The van der Waals surface area contributed by atoms with Crippen molar-refractivity contribution in [3.8, 4) is 0 Å². The smallest absolute Gasteiger partial charge is 0.387 e. The van der Waals surface area contributed by atoms with E-state index in [9.17, 15) is 33.9 Å². The summed E-state index contributed by atoms with van der Waals surface area (Å²) in [5.74, 6) is -0.420. The van der Waals surface area contributed by atoms with Crippen LogP contribution in [-0.4, -0.2) is 126 Å². The standard InChI is InChI=1S/C21H29N9O13P2/c22-16-18-25-3-7(29(18)2-1-24-16)13-12(32)14-9(40-13)5-39-45(36,37)43-15-11(31)8(4-38-44(34,35)42-14)41-20(15)30-6-26-10-17(30)27-21(23)28-19(10)33/h1-3,6,8-15,17,20-21,27,31-32H,4-5,23H2,(H2,22,24)(H,28,33)(H,34,35)(H,36,37). The molecule has 45 heavy (non-hydrogen) atoms. The molecule has 246 valence electrons. The number of amides is 1. The molecular weight excluding hydrogens is 648 g/mol. The molecule has 4 saturated heterocycles. The SMILES string of the molecule is Nc1nccn2c(C3OC4COP(=O)(O)OC5C(O)C(COP(=O)(O)OC4C3O)OC5N3C=NC4C(=O)NC(N)NC43)cnc12. The van der Waals surface area contributed by atoms with Crippen LogP contribution in [0.5, 0.6) is 0 Å². The number of aliphatic imine (C=N–C) groups is 1. The summed E-state index contributed by atoms with van der Waals surface area (Å²) in [6, 6.07) is -0.980. The second-order valence-electron chi connectivity index (χ2n) is 10.8. The number of ether oxygens (including phenoxy) is 2. The van der Waals surface area contributed by atoms with E-state index in [0.717, 1.165) is 0 Å². The number of nitrogen functional groups attached to an aromatic ring is 1. The lowest BCUT2D eigenvalue weighted by Gasteiger charge is -2.39. The third-order valence-electron chi connectivity index (χ3n) is 7.93. The van der Waals surface area contributed by atoms with Gasteiger partial charge in [0.1, 0.15) is 55.2 Å². The normalized spacial score (nSPS) is 45.4. The van der Waals surface area contributed by atoms with Gasteiger partial charge in [-0.25, -0.2) is 19.1 Å². The summed E-state index contributed by atoms with van der Waals surface area (Å²) in [4.78, 5) is 47.3. The summed E-state index contributed by atoms with van der Waals surface area (Å²) < 4.78 is 60.5. The molecule has 10 N–H and O–H groups in total. The quantitative estimate of drug-likeness (QED) is 0.141. The van der Waals surface area contributed by atoms with Gasteiger partial charge in [0.2, 0.25) is 0 Å². The fourth-order valence-electron chi connectivity index (χ4n) is 5.87. The van der Waals surface area contributed by atoms with E-state index in [4.69, 9.17) is 39.0 Å². The predicted molar refractivity (Wildman–Crippen MR) is 144 cm³/mol. The minimum Gasteiger partial charge on any atom is -0.387 e. The van der Waals surface area contributed by atoms with Crippen LogP contribution >= 0.6 is 15.6 Å². The molecule has 13 atom stereocenters. The number of nitrogens with zero attached hydrogens (tertiary/aromatic N) is 5. The van der Waals surface area contributed by atoms with Crippen molar-refractivity contribution in [1.29, 1.82) is 0 Å². The molecule has 0 radical (unpaired) electrons. The summed E-state index contributed by atoms with van der Waals surface area (Å²) in [6.45, 7) is -1.57. The van der Waals surface area contributed by atoms with Gasteiger partial charge in [0.25, 0.3) is 5.91 Å². The molecule has 2 bridgehead atoms. The molecule has 1 amide bonds. The fraction of sp³-hybridized carbons (Fsp3) is 0.619. The van der Waals surface area contributed by atoms with Gasteiger partial charge in [0, 0.05) is 12.4 Å². The van der Waals surface area contributed by atoms with Crippen molar-refractivity contribution in [2.45, 2.75) is 67.5 Å². The monoisotopic (exact) mass is 677 g/mol. The first-order valence-electron chi connectivity index (χ1n) is 13.5. The van der Waals surface area contributed by atoms with E-state index in [-0.39, 0.29) is 17.2 Å². The highest BCUT2D eigenvalue weighted by Gasteiger charge is 2.56. The Kier molecular flexibility index (Phi) is 7.74. The fourth-order valence-corrected chi connectivity index (χ4v) is 7.77. The van der Waals surface area contributed by atoms with Crippen LogP contribution in [0.4, 0.5) is 5.82 Å². The van der Waals surface area contributed by atoms with Gasteiger partial charge < -0.3 is 45.4 Å². The lowest BCUT2D eigenvalue weighted by molar-refractivity contribution is -0.130. The molecule has 0 aromatic carbocycles. The number of carbonyl (C=O) groups is 1. The van der Waals surface area contributed by atoms with Gasteiger partial charge >= 0.3 is 15.6 Å². The van der Waals surface area contributed by atoms with Crippen LogP contribution in [0.15, 0.2) is 23.6 Å². The molecule has 2 aromatic heterocycles. The number of aliphatic hydroxyl groups excluding tert-OH is 2. The third kappa shape index (κ3) is 5.55. The first-order chi connectivity index (χ1) is 21.3. The number of rotatable bonds is 2. The maximum atomic E-state index is 13.2. The van der Waals surface area contributed by atoms with Crippen molar-refractivity contribution in [3.63, 3.8) is 0 Å². The molecule has 7 heterocycles. The molecule has 22 nitrogen and oxygen atoms in total. The number of nitrogens with two attached hydrogens (primary N) is 2. The molecule has 4 fully saturated rings. The van der Waals surface area contributed by atoms with Gasteiger partial charge in [-0.05, 0) is 0 Å². The highest BCUT2D eigenvalue weighted by Crippen LogP contribution is 2.53. The van der Waals surface area contributed by atoms with E-state index in [1.165, 1.54) is 34.2 Å². The minimum absolute atomic E-state index is 0.0865. The van der Waals surface area contributed by atoms with Crippen LogP contribution < -0.4 is 22.1 Å². The summed E-state index contributed by atoms with van der Waals surface area (Å²) in [5.41, 5.74) is 12.2. The van der Waals surface area contributed by atoms with E-state index in [0.29, 0.717) is 0 Å². The van der Waals surface area contributed by atoms with Crippen LogP contribution in [0.2, 0.25) is 0 Å². The van der Waals surface area contributed by atoms with Gasteiger partial charge in [0.15, 0.2) is 23.7 Å². The number of aromatic nitrogens is 3. The van der Waals surface area contributed by atoms with E-state index in [2.05, 4.69) is 25.6 Å². The second-order valence-corrected chi connectivity index (χ2v) is 13.6. The topological polar surface area (TPSA) is 309 Å². The summed E-state index contributed by atoms with van der Waals surface area (Å²) in [7, 11) is -10.1. The number of phosphoric ester groups is 2. The molecule has 5 aliphatic rings. The molecule has 7 rings (SSSR count). The molecule has 0 aliphatic carbocycles. The number of hydrogen-bond donors (Lipinski definition) is 8. The van der Waals surface area contributed by atoms with E-state index >= 15 is 0 Å². The number of fused-ring (bicyclic) bond motifs is 5. The van der Waals surface area contributed by atoms with Crippen LogP contribution in [-0.2, 0) is 41.5 Å². The van der Waals surface area contributed by atoms with Crippen molar-refractivity contribution in [2.24, 2.45) is 10.7 Å². The molecule has 5 aliphatic heterocycles. The largest absolute Gasteiger partial charge is 0.472 e. The van der Waals surface area contributed by atoms with Gasteiger partial charge in [-0.1, -0.05) is 0 Å². The molecule has 2 aromatic rings. The van der Waals surface area contributed by atoms with E-state index < -0.39 is 102 Å². The maximum Gasteiger partial charge on any atom is 0.472 e. The summed E-state index contributed by atoms with van der Waals surface area (Å²) in [6.07, 6.45) is -8.53. The van der Waals surface area contributed by atoms with E-state index in [1.54, 1.807) is 0 Å². The maximum absolute atomic E-state index is 13.2. The Balaban J connectivity index is 1.16. The Morgan fingerprint density at radius 1 is 1.00 bits per heavy atom. The van der Waals surface area contributed by atoms with Gasteiger partial charge in [-0.15, -0.1) is 0 Å². The Morgan fingerprint density at radius 3 is 2.47 bits per heavy atom. The number of aliphatic hydroxyl groups is 2. The molecule has 0 spiro atoms. The van der Waals surface area contributed by atoms with Crippen molar-refractivity contribution in [2.75, 3.05) is 18.9 Å². The molecular formula is C21H29N9O13P2. The van der Waals surface area contributed by atoms with Crippen molar-refractivity contribution >= 4 is 39.4 Å². The molecule has 13 unspecified atom stereocenters. The number of hydrogen-bond acceptors (Lipinski definition) is 18. The Labute approximate surface area is 252 Å². The first-order valence-corrected chi connectivity index (χ1v) is 16.5. The number of carbonyl (C=O) groups excluding carboxylic acids is 1. The summed E-state index contributed by atoms with van der Waals surface area (Å²) in [5, 5.41) is 27.6. The van der Waals surface area contributed by atoms with Gasteiger partial charge in [-0.3, -0.25) is 43.3 Å². The number of phosphoric acid groups is 2. The number of imidazole rings is 1. The lowest BCUT2D eigenvalue weighted by Crippen LogP contribution is -2.70. The average molecular weight is 677 g/mol. The first kappa shape index (κ1) is 31.0. The zero-order chi connectivity index (χ0) is 31.8. The predicted octanol–water partition coefficient (Wildman–Crippen LogP) is -3.78. The summed E-state index contributed by atoms with van der Waals surface area (Å²) >= 11 is 0. The molecule has 24 heteroatoms. The average Bonchev–Trinajstić information content (AvgIpc) is 3.72. The second kappa shape index (κ2) is 11.2. The van der Waals surface area contributed by atoms with Gasteiger partial charge in [0.05, 0.1) is 31.4 Å². The van der Waals surface area contributed by atoms with Crippen LogP contribution in [0.3, 0.4) is 0 Å². The number of nitrogens with one attached hydrogen (secondary N) is 2. The van der Waals surface area contributed by atoms with Crippen molar-refractivity contribution < 1.29 is 61.5 Å². The number of anilines is 1. The van der Waals surface area contributed by atoms with Crippen LogP contribution in [0.25, 0.3) is 5.65 Å². The zero-order valence-corrected chi connectivity index (χ0v) is 24.6. The van der Waals surface area contributed by atoms with E-state index in [1.807, 2.05) is 0 Å². The highest BCUT2D eigenvalue weighted by molar-refractivity contribution is 7.47. The minimum atomic E-state index is -5.07. The van der Waals surface area contributed by atoms with Crippen LogP contribution in [0, 0.1) is 0 Å². The highest BCUT2D eigenvalue weighted by atomic mass is 31.2. The Hall–Kier alpha value is -2.66. The van der Waals surface area contributed by atoms with Crippen molar-refractivity contribution in [3.05, 3.63) is 24.3 Å². The van der Waals surface area contributed by atoms with Crippen molar-refractivity contribution in [1.82, 2.24) is 29.9 Å². The molecule has 0 saturated carbocycles. The third-order valence-corrected chi connectivity index (χ3v) is 9.90. The zero-order valence-electron chi connectivity index (χ0n) is 22.8. The van der Waals surface area contributed by atoms with Crippen LogP contribution in [0.1, 0.15) is 11.8 Å².